The van der Waals surface area contributed by atoms with Crippen molar-refractivity contribution in [3.05, 3.63) is 53.3 Å². The number of hydrogen-bond donors (Lipinski definition) is 2. The molecule has 132 valence electrons. The molecule has 1 aromatic rings. The van der Waals surface area contributed by atoms with Crippen LogP contribution in [-0.4, -0.2) is 5.11 Å². The van der Waals surface area contributed by atoms with E-state index in [1.165, 1.54) is 36.0 Å². The van der Waals surface area contributed by atoms with Crippen LogP contribution in [-0.2, 0) is 6.42 Å². The van der Waals surface area contributed by atoms with Crippen molar-refractivity contribution < 1.29 is 0 Å². The second-order valence-electron chi connectivity index (χ2n) is 6.67. The largest absolute Gasteiger partial charge is 0.333 e. The molecule has 1 aromatic carbocycles. The van der Waals surface area contributed by atoms with E-state index in [1.807, 2.05) is 0 Å². The molecule has 2 N–H and O–H groups in total. The molecule has 0 aliphatic heterocycles. The molecule has 0 aliphatic rings. The third kappa shape index (κ3) is 6.88. The molecule has 0 radical (unpaired) electrons. The summed E-state index contributed by atoms with van der Waals surface area (Å²) in [5.41, 5.74) is 5.73. The van der Waals surface area contributed by atoms with Crippen molar-refractivity contribution in [3.63, 3.8) is 0 Å². The first-order valence-corrected chi connectivity index (χ1v) is 9.29. The quantitative estimate of drug-likeness (QED) is 0.333. The normalized spacial score (nSPS) is 11.9. The molecule has 0 unspecified atom stereocenters. The van der Waals surface area contributed by atoms with Crippen molar-refractivity contribution in [2.24, 2.45) is 5.92 Å². The number of unbranched alkanes of at least 4 members (excludes halogenated alkanes) is 2. The van der Waals surface area contributed by atoms with E-state index in [2.05, 4.69) is 76.1 Å². The minimum Gasteiger partial charge on any atom is -0.333 e. The molecule has 0 fully saturated rings. The third-order valence-electron chi connectivity index (χ3n) is 4.46. The topological polar surface area (TPSA) is 24.1 Å². The van der Waals surface area contributed by atoms with Gasteiger partial charge in [-0.2, -0.15) is 0 Å². The fourth-order valence-corrected chi connectivity index (χ4v) is 2.64. The SMILES string of the molecule is C=C(NC(=S)Nc1ccc(CCCCC)cc1)/C(C)=C(\C)C(C)C. The van der Waals surface area contributed by atoms with Crippen molar-refractivity contribution in [1.82, 2.24) is 5.32 Å². The van der Waals surface area contributed by atoms with Gasteiger partial charge in [0.05, 0.1) is 0 Å². The van der Waals surface area contributed by atoms with Crippen molar-refractivity contribution in [2.45, 2.75) is 60.3 Å². The third-order valence-corrected chi connectivity index (χ3v) is 4.66. The van der Waals surface area contributed by atoms with Gasteiger partial charge in [0.25, 0.3) is 0 Å². The summed E-state index contributed by atoms with van der Waals surface area (Å²) in [7, 11) is 0. The Balaban J connectivity index is 2.56. The lowest BCUT2D eigenvalue weighted by Gasteiger charge is -2.17. The summed E-state index contributed by atoms with van der Waals surface area (Å²) in [6.45, 7) is 14.9. The summed E-state index contributed by atoms with van der Waals surface area (Å²) in [6, 6.07) is 8.51. The molecule has 0 amide bonds. The summed E-state index contributed by atoms with van der Waals surface area (Å²) < 4.78 is 0. The zero-order chi connectivity index (χ0) is 18.1. The molecule has 0 atom stereocenters. The highest BCUT2D eigenvalue weighted by Crippen LogP contribution is 2.18. The number of aryl methyl sites for hydroxylation is 1. The first kappa shape index (κ1) is 20.4. The number of hydrogen-bond acceptors (Lipinski definition) is 1. The van der Waals surface area contributed by atoms with Gasteiger partial charge in [-0.3, -0.25) is 0 Å². The van der Waals surface area contributed by atoms with Crippen LogP contribution in [0.1, 0.15) is 59.4 Å². The molecule has 0 saturated carbocycles. The highest BCUT2D eigenvalue weighted by Gasteiger charge is 2.07. The van der Waals surface area contributed by atoms with Gasteiger partial charge >= 0.3 is 0 Å². The van der Waals surface area contributed by atoms with E-state index in [0.29, 0.717) is 11.0 Å². The molecule has 0 aliphatic carbocycles. The molecule has 0 bridgehead atoms. The highest BCUT2D eigenvalue weighted by atomic mass is 32.1. The van der Waals surface area contributed by atoms with Gasteiger partial charge in [-0.05, 0) is 68.1 Å². The molecule has 24 heavy (non-hydrogen) atoms. The van der Waals surface area contributed by atoms with Gasteiger partial charge in [-0.25, -0.2) is 0 Å². The smallest absolute Gasteiger partial charge is 0.175 e. The molecule has 1 rings (SSSR count). The maximum absolute atomic E-state index is 5.40. The average Bonchev–Trinajstić information content (AvgIpc) is 2.55. The van der Waals surface area contributed by atoms with Gasteiger partial charge in [0.1, 0.15) is 0 Å². The first-order valence-electron chi connectivity index (χ1n) is 8.88. The van der Waals surface area contributed by atoms with Gasteiger partial charge in [0.15, 0.2) is 5.11 Å². The number of rotatable bonds is 8. The lowest BCUT2D eigenvalue weighted by atomic mass is 9.98. The Labute approximate surface area is 153 Å². The standard InChI is InChI=1S/C21H32N2S/c1-7-8-9-10-19-11-13-20(14-12-19)23-21(24)22-18(6)17(5)16(4)15(2)3/h11-15H,6-10H2,1-5H3,(H2,22,23,24)/b17-16+. The first-order chi connectivity index (χ1) is 11.3. The number of benzene rings is 1. The summed E-state index contributed by atoms with van der Waals surface area (Å²) >= 11 is 5.40. The fraction of sp³-hybridized carbons (Fsp3) is 0.476. The monoisotopic (exact) mass is 344 g/mol. The van der Waals surface area contributed by atoms with Crippen LogP contribution in [0.2, 0.25) is 0 Å². The molecule has 0 saturated heterocycles. The molecule has 0 heterocycles. The van der Waals surface area contributed by atoms with Gasteiger partial charge in [0.2, 0.25) is 0 Å². The predicted octanol–water partition coefficient (Wildman–Crippen LogP) is 6.21. The van der Waals surface area contributed by atoms with Crippen LogP contribution < -0.4 is 10.6 Å². The van der Waals surface area contributed by atoms with E-state index < -0.39 is 0 Å². The Morgan fingerprint density at radius 1 is 1.12 bits per heavy atom. The molecule has 2 nitrogen and oxygen atoms in total. The van der Waals surface area contributed by atoms with Gasteiger partial charge in [-0.1, -0.05) is 57.9 Å². The maximum atomic E-state index is 5.40. The summed E-state index contributed by atoms with van der Waals surface area (Å²) in [5.74, 6) is 0.505. The molecular formula is C21H32N2S. The van der Waals surface area contributed by atoms with Crippen LogP contribution in [0.3, 0.4) is 0 Å². The maximum Gasteiger partial charge on any atom is 0.175 e. The van der Waals surface area contributed by atoms with E-state index in [-0.39, 0.29) is 0 Å². The van der Waals surface area contributed by atoms with Crippen molar-refractivity contribution in [1.29, 1.82) is 0 Å². The number of allylic oxidation sites excluding steroid dienone is 2. The minimum absolute atomic E-state index is 0.505. The van der Waals surface area contributed by atoms with Crippen molar-refractivity contribution >= 4 is 23.0 Å². The second kappa shape index (κ2) is 10.3. The Kier molecular flexibility index (Phi) is 8.77. The second-order valence-corrected chi connectivity index (χ2v) is 7.08. The fourth-order valence-electron chi connectivity index (χ4n) is 2.40. The molecular weight excluding hydrogens is 312 g/mol. The zero-order valence-corrected chi connectivity index (χ0v) is 16.6. The summed E-state index contributed by atoms with van der Waals surface area (Å²) in [6.07, 6.45) is 4.95. The van der Waals surface area contributed by atoms with E-state index in [9.17, 15) is 0 Å². The highest BCUT2D eigenvalue weighted by molar-refractivity contribution is 7.80. The number of thiocarbonyl (C=S) groups is 1. The number of anilines is 1. The van der Waals surface area contributed by atoms with Crippen LogP contribution in [0.4, 0.5) is 5.69 Å². The van der Waals surface area contributed by atoms with Gasteiger partial charge < -0.3 is 10.6 Å². The van der Waals surface area contributed by atoms with Crippen LogP contribution >= 0.6 is 12.2 Å². The minimum atomic E-state index is 0.505. The molecule has 3 heteroatoms. The van der Waals surface area contributed by atoms with Gasteiger partial charge in [0, 0.05) is 11.4 Å². The average molecular weight is 345 g/mol. The summed E-state index contributed by atoms with van der Waals surface area (Å²) in [4.78, 5) is 0. The number of nitrogens with one attached hydrogen (secondary N) is 2. The Bertz CT molecular complexity index is 582. The Morgan fingerprint density at radius 2 is 1.75 bits per heavy atom. The van der Waals surface area contributed by atoms with E-state index in [4.69, 9.17) is 12.2 Å². The van der Waals surface area contributed by atoms with Crippen LogP contribution in [0.25, 0.3) is 0 Å². The van der Waals surface area contributed by atoms with Crippen molar-refractivity contribution in [3.8, 4) is 0 Å². The van der Waals surface area contributed by atoms with Crippen LogP contribution in [0, 0.1) is 5.92 Å². The molecule has 0 spiro atoms. The van der Waals surface area contributed by atoms with Gasteiger partial charge in [-0.15, -0.1) is 0 Å². The van der Waals surface area contributed by atoms with Crippen LogP contribution in [0.5, 0.6) is 0 Å². The van der Waals surface area contributed by atoms with E-state index in [0.717, 1.165) is 17.8 Å². The lowest BCUT2D eigenvalue weighted by Crippen LogP contribution is -2.28. The lowest BCUT2D eigenvalue weighted by molar-refractivity contribution is 0.717. The predicted molar refractivity (Wildman–Crippen MR) is 111 cm³/mol. The molecule has 0 aromatic heterocycles. The Hall–Kier alpha value is -1.61. The van der Waals surface area contributed by atoms with E-state index >= 15 is 0 Å². The summed E-state index contributed by atoms with van der Waals surface area (Å²) in [5, 5.41) is 6.99. The van der Waals surface area contributed by atoms with E-state index in [1.54, 1.807) is 0 Å². The zero-order valence-electron chi connectivity index (χ0n) is 15.8. The Morgan fingerprint density at radius 3 is 2.29 bits per heavy atom. The van der Waals surface area contributed by atoms with Crippen LogP contribution in [0.15, 0.2) is 47.7 Å². The van der Waals surface area contributed by atoms with Crippen molar-refractivity contribution in [2.75, 3.05) is 5.32 Å².